The topological polar surface area (TPSA) is 89.0 Å². The number of hydrogen-bond donors (Lipinski definition) is 1. The summed E-state index contributed by atoms with van der Waals surface area (Å²) in [6.07, 6.45) is 0. The van der Waals surface area contributed by atoms with Crippen LogP contribution in [0.4, 0.5) is 5.13 Å². The minimum Gasteiger partial charge on any atom is -0.507 e. The van der Waals surface area contributed by atoms with Crippen LogP contribution in [0.1, 0.15) is 22.7 Å². The Morgan fingerprint density at radius 3 is 2.46 bits per heavy atom. The summed E-state index contributed by atoms with van der Waals surface area (Å²) >= 11 is 1.32. The third-order valence-corrected chi connectivity index (χ3v) is 7.00. The first-order valence-corrected chi connectivity index (χ1v) is 11.7. The molecule has 2 heterocycles. The SMILES string of the molecule is COc1ccc(C(O)=C2C(=O)C(=O)N(c3nc4ccc(C)cc4s3)[C@H]2c2ccccc2OC)cc1. The van der Waals surface area contributed by atoms with Crippen molar-refractivity contribution in [2.45, 2.75) is 13.0 Å². The number of ketones is 1. The number of para-hydroxylation sites is 1. The van der Waals surface area contributed by atoms with Crippen molar-refractivity contribution in [3.63, 3.8) is 0 Å². The Hall–Kier alpha value is -4.17. The number of aryl methyl sites for hydroxylation is 1. The average molecular weight is 487 g/mol. The van der Waals surface area contributed by atoms with Gasteiger partial charge in [-0.3, -0.25) is 14.5 Å². The predicted molar refractivity (Wildman–Crippen MR) is 135 cm³/mol. The first-order chi connectivity index (χ1) is 16.9. The number of ether oxygens (including phenoxy) is 2. The van der Waals surface area contributed by atoms with Crippen LogP contribution in [-0.2, 0) is 9.59 Å². The molecule has 1 amide bonds. The third-order valence-electron chi connectivity index (χ3n) is 5.98. The zero-order chi connectivity index (χ0) is 24.7. The molecule has 8 heteroatoms. The van der Waals surface area contributed by atoms with E-state index in [-0.39, 0.29) is 11.3 Å². The predicted octanol–water partition coefficient (Wildman–Crippen LogP) is 5.25. The minimum absolute atomic E-state index is 0.0277. The smallest absolute Gasteiger partial charge is 0.301 e. The standard InChI is InChI=1S/C27H22N2O5S/c1-15-8-13-19-21(14-15)35-27(28-19)29-23(18-6-4-5-7-20(18)34-3)22(25(31)26(29)32)24(30)16-9-11-17(33-2)12-10-16/h4-14,23,30H,1-3H3/t23-/m0/s1. The lowest BCUT2D eigenvalue weighted by molar-refractivity contribution is -0.132. The van der Waals surface area contributed by atoms with E-state index in [4.69, 9.17) is 9.47 Å². The normalized spacial score (nSPS) is 17.2. The number of hydrogen-bond acceptors (Lipinski definition) is 7. The molecule has 1 N–H and O–H groups in total. The zero-order valence-corrected chi connectivity index (χ0v) is 20.1. The molecule has 1 fully saturated rings. The van der Waals surface area contributed by atoms with Crippen molar-refractivity contribution in [3.05, 3.63) is 89.0 Å². The molecule has 0 spiro atoms. The maximum Gasteiger partial charge on any atom is 0.301 e. The Labute approximate surface area is 205 Å². The highest BCUT2D eigenvalue weighted by molar-refractivity contribution is 7.22. The largest absolute Gasteiger partial charge is 0.507 e. The molecule has 0 unspecified atom stereocenters. The molecule has 7 nitrogen and oxygen atoms in total. The number of fused-ring (bicyclic) bond motifs is 1. The third kappa shape index (κ3) is 3.81. The number of anilines is 1. The monoisotopic (exact) mass is 486 g/mol. The van der Waals surface area contributed by atoms with Gasteiger partial charge >= 0.3 is 5.91 Å². The van der Waals surface area contributed by atoms with Gasteiger partial charge in [-0.15, -0.1) is 0 Å². The van der Waals surface area contributed by atoms with Crippen molar-refractivity contribution in [1.82, 2.24) is 4.98 Å². The summed E-state index contributed by atoms with van der Waals surface area (Å²) in [5.41, 5.74) is 2.73. The minimum atomic E-state index is -0.921. The van der Waals surface area contributed by atoms with Crippen LogP contribution in [0.25, 0.3) is 16.0 Å². The Bertz CT molecular complexity index is 1490. The fraction of sp³-hybridized carbons (Fsp3) is 0.148. The summed E-state index contributed by atoms with van der Waals surface area (Å²) in [6, 6.07) is 18.7. The highest BCUT2D eigenvalue weighted by Gasteiger charge is 2.49. The molecule has 3 aromatic carbocycles. The molecule has 176 valence electrons. The van der Waals surface area contributed by atoms with E-state index in [2.05, 4.69) is 4.98 Å². The van der Waals surface area contributed by atoms with E-state index in [1.54, 1.807) is 55.6 Å². The van der Waals surface area contributed by atoms with Gasteiger partial charge in [-0.25, -0.2) is 4.98 Å². The number of amides is 1. The van der Waals surface area contributed by atoms with Gasteiger partial charge in [-0.1, -0.05) is 35.6 Å². The van der Waals surface area contributed by atoms with Crippen LogP contribution in [0.3, 0.4) is 0 Å². The molecule has 1 aliphatic rings. The van der Waals surface area contributed by atoms with Gasteiger partial charge in [0.2, 0.25) is 0 Å². The molecule has 0 bridgehead atoms. The van der Waals surface area contributed by atoms with Crippen molar-refractivity contribution in [1.29, 1.82) is 0 Å². The Morgan fingerprint density at radius 2 is 1.74 bits per heavy atom. The molecule has 0 aliphatic carbocycles. The van der Waals surface area contributed by atoms with E-state index in [0.29, 0.717) is 27.8 Å². The molecular weight excluding hydrogens is 464 g/mol. The zero-order valence-electron chi connectivity index (χ0n) is 19.3. The number of nitrogens with zero attached hydrogens (tertiary/aromatic N) is 2. The highest BCUT2D eigenvalue weighted by Crippen LogP contribution is 2.46. The van der Waals surface area contributed by atoms with E-state index in [9.17, 15) is 14.7 Å². The number of carbonyl (C=O) groups excluding carboxylic acids is 2. The average Bonchev–Trinajstić information content (AvgIpc) is 3.41. The lowest BCUT2D eigenvalue weighted by Crippen LogP contribution is -2.29. The summed E-state index contributed by atoms with van der Waals surface area (Å²) < 4.78 is 11.7. The second-order valence-electron chi connectivity index (χ2n) is 8.11. The summed E-state index contributed by atoms with van der Waals surface area (Å²) in [4.78, 5) is 32.8. The van der Waals surface area contributed by atoms with Crippen LogP contribution in [0.15, 0.2) is 72.3 Å². The van der Waals surface area contributed by atoms with Crippen LogP contribution in [0.5, 0.6) is 11.5 Å². The first-order valence-electron chi connectivity index (χ1n) is 10.9. The fourth-order valence-corrected chi connectivity index (χ4v) is 5.33. The van der Waals surface area contributed by atoms with E-state index < -0.39 is 17.7 Å². The van der Waals surface area contributed by atoms with Gasteiger partial charge in [-0.05, 0) is 55.0 Å². The van der Waals surface area contributed by atoms with Crippen molar-refractivity contribution in [3.8, 4) is 11.5 Å². The molecule has 4 aromatic rings. The van der Waals surface area contributed by atoms with E-state index in [0.717, 1.165) is 15.8 Å². The van der Waals surface area contributed by atoms with Crippen molar-refractivity contribution in [2.24, 2.45) is 0 Å². The molecular formula is C27H22N2O5S. The van der Waals surface area contributed by atoms with Gasteiger partial charge in [0, 0.05) is 11.1 Å². The van der Waals surface area contributed by atoms with E-state index in [1.807, 2.05) is 25.1 Å². The number of aliphatic hydroxyl groups is 1. The molecule has 35 heavy (non-hydrogen) atoms. The molecule has 0 saturated carbocycles. The molecule has 1 aromatic heterocycles. The summed E-state index contributed by atoms with van der Waals surface area (Å²) in [5.74, 6) is -0.729. The van der Waals surface area contributed by atoms with E-state index >= 15 is 0 Å². The number of carbonyl (C=O) groups is 2. The van der Waals surface area contributed by atoms with Gasteiger partial charge in [0.1, 0.15) is 23.3 Å². The number of methoxy groups -OCH3 is 2. The Morgan fingerprint density at radius 1 is 1.00 bits per heavy atom. The number of aromatic nitrogens is 1. The lowest BCUT2D eigenvalue weighted by Gasteiger charge is -2.24. The van der Waals surface area contributed by atoms with Gasteiger partial charge in [-0.2, -0.15) is 0 Å². The second kappa shape index (κ2) is 8.88. The summed E-state index contributed by atoms with van der Waals surface area (Å²) in [5, 5.41) is 11.7. The highest BCUT2D eigenvalue weighted by atomic mass is 32.1. The van der Waals surface area contributed by atoms with Gasteiger partial charge < -0.3 is 14.6 Å². The van der Waals surface area contributed by atoms with Crippen molar-refractivity contribution >= 4 is 44.1 Å². The Kier molecular flexibility index (Phi) is 5.74. The van der Waals surface area contributed by atoms with Gasteiger partial charge in [0.25, 0.3) is 5.78 Å². The number of aliphatic hydroxyl groups excluding tert-OH is 1. The van der Waals surface area contributed by atoms with Crippen LogP contribution in [0.2, 0.25) is 0 Å². The Balaban J connectivity index is 1.74. The van der Waals surface area contributed by atoms with Crippen molar-refractivity contribution < 1.29 is 24.2 Å². The molecule has 0 radical (unpaired) electrons. The van der Waals surface area contributed by atoms with Crippen LogP contribution in [0, 0.1) is 6.92 Å². The van der Waals surface area contributed by atoms with Crippen LogP contribution in [-0.4, -0.2) is 36.0 Å². The quantitative estimate of drug-likeness (QED) is 0.236. The molecule has 1 atom stereocenters. The van der Waals surface area contributed by atoms with Gasteiger partial charge in [0.05, 0.1) is 30.0 Å². The molecule has 5 rings (SSSR count). The maximum absolute atomic E-state index is 13.4. The fourth-order valence-electron chi connectivity index (χ4n) is 4.24. The van der Waals surface area contributed by atoms with Crippen LogP contribution < -0.4 is 14.4 Å². The molecule has 1 saturated heterocycles. The number of benzene rings is 3. The number of rotatable bonds is 5. The van der Waals surface area contributed by atoms with Gasteiger partial charge in [0.15, 0.2) is 5.13 Å². The summed E-state index contributed by atoms with van der Waals surface area (Å²) in [7, 11) is 3.07. The summed E-state index contributed by atoms with van der Waals surface area (Å²) in [6.45, 7) is 1.98. The van der Waals surface area contributed by atoms with E-state index in [1.165, 1.54) is 23.3 Å². The lowest BCUT2D eigenvalue weighted by atomic mass is 9.94. The molecule has 1 aliphatic heterocycles. The van der Waals surface area contributed by atoms with Crippen LogP contribution >= 0.6 is 11.3 Å². The first kappa shape index (κ1) is 22.6. The maximum atomic E-state index is 13.4. The second-order valence-corrected chi connectivity index (χ2v) is 9.12. The number of thiazole rings is 1. The number of Topliss-reactive ketones (excluding diaryl/α,β-unsaturated/α-hetero) is 1. The van der Waals surface area contributed by atoms with Crippen molar-refractivity contribution in [2.75, 3.05) is 19.1 Å².